The molecule has 1 aliphatic heterocycles. The van der Waals surface area contributed by atoms with E-state index in [1.54, 1.807) is 11.0 Å². The molecule has 6 heteroatoms. The second-order valence-corrected chi connectivity index (χ2v) is 6.07. The topological polar surface area (TPSA) is 55.3 Å². The molecule has 0 saturated carbocycles. The summed E-state index contributed by atoms with van der Waals surface area (Å²) in [6, 6.07) is 11.5. The van der Waals surface area contributed by atoms with Crippen molar-refractivity contribution in [2.24, 2.45) is 0 Å². The molecule has 0 aliphatic carbocycles. The van der Waals surface area contributed by atoms with Gasteiger partial charge in [-0.25, -0.2) is 14.8 Å². The fourth-order valence-corrected chi connectivity index (χ4v) is 2.81. The summed E-state index contributed by atoms with van der Waals surface area (Å²) < 4.78 is 5.52. The summed E-state index contributed by atoms with van der Waals surface area (Å²) in [4.78, 5) is 21.9. The van der Waals surface area contributed by atoms with Crippen LogP contribution in [0, 0.1) is 0 Å². The van der Waals surface area contributed by atoms with Crippen LogP contribution in [0.5, 0.6) is 0 Å². The Labute approximate surface area is 133 Å². The van der Waals surface area contributed by atoms with Gasteiger partial charge in [0.1, 0.15) is 11.4 Å². The molecule has 1 atom stereocenters. The summed E-state index contributed by atoms with van der Waals surface area (Å²) >= 11 is 5.85. The zero-order valence-corrected chi connectivity index (χ0v) is 13.1. The molecule has 2 heterocycles. The Morgan fingerprint density at radius 3 is 2.68 bits per heavy atom. The molecule has 0 spiro atoms. The van der Waals surface area contributed by atoms with Crippen molar-refractivity contribution in [3.05, 3.63) is 53.4 Å². The first kappa shape index (κ1) is 14.8. The van der Waals surface area contributed by atoms with E-state index in [4.69, 9.17) is 16.3 Å². The van der Waals surface area contributed by atoms with Crippen molar-refractivity contribution in [2.45, 2.75) is 31.9 Å². The van der Waals surface area contributed by atoms with E-state index in [2.05, 4.69) is 9.97 Å². The first-order chi connectivity index (χ1) is 10.5. The Morgan fingerprint density at radius 1 is 1.27 bits per heavy atom. The number of cyclic esters (lactones) is 1. The van der Waals surface area contributed by atoms with Gasteiger partial charge in [0.25, 0.3) is 0 Å². The van der Waals surface area contributed by atoms with Crippen molar-refractivity contribution < 1.29 is 9.53 Å². The molecule has 1 amide bonds. The van der Waals surface area contributed by atoms with Gasteiger partial charge < -0.3 is 4.74 Å². The number of benzene rings is 1. The van der Waals surface area contributed by atoms with Crippen molar-refractivity contribution in [1.29, 1.82) is 0 Å². The molecule has 1 aliphatic rings. The fraction of sp³-hybridized carbons (Fsp3) is 0.312. The third-order valence-corrected chi connectivity index (χ3v) is 3.97. The molecule has 0 bridgehead atoms. The van der Waals surface area contributed by atoms with Gasteiger partial charge in [-0.05, 0) is 43.5 Å². The maximum Gasteiger partial charge on any atom is 0.416 e. The van der Waals surface area contributed by atoms with Crippen molar-refractivity contribution in [1.82, 2.24) is 9.97 Å². The van der Waals surface area contributed by atoms with E-state index >= 15 is 0 Å². The molecule has 1 aromatic heterocycles. The highest BCUT2D eigenvalue weighted by Crippen LogP contribution is 2.34. The lowest BCUT2D eigenvalue weighted by Gasteiger charge is -2.28. The smallest absolute Gasteiger partial charge is 0.416 e. The lowest BCUT2D eigenvalue weighted by molar-refractivity contribution is 0.0686. The summed E-state index contributed by atoms with van der Waals surface area (Å²) in [7, 11) is 0. The van der Waals surface area contributed by atoms with E-state index in [0.29, 0.717) is 12.2 Å². The van der Waals surface area contributed by atoms with Crippen molar-refractivity contribution in [3.63, 3.8) is 0 Å². The molecule has 1 aromatic carbocycles. The average molecular weight is 318 g/mol. The van der Waals surface area contributed by atoms with Gasteiger partial charge in [0.2, 0.25) is 5.28 Å². The van der Waals surface area contributed by atoms with Gasteiger partial charge >= 0.3 is 6.09 Å². The number of halogens is 1. The van der Waals surface area contributed by atoms with Gasteiger partial charge in [-0.1, -0.05) is 30.3 Å². The second-order valence-electron chi connectivity index (χ2n) is 5.73. The van der Waals surface area contributed by atoms with Crippen LogP contribution in [0.1, 0.15) is 19.4 Å². The normalized spacial score (nSPS) is 20.0. The molecule has 5 nitrogen and oxygen atoms in total. The molecule has 1 fully saturated rings. The number of carbonyl (C=O) groups is 1. The predicted octanol–water partition coefficient (Wildman–Crippen LogP) is 3.48. The minimum Gasteiger partial charge on any atom is -0.441 e. The zero-order valence-electron chi connectivity index (χ0n) is 12.4. The first-order valence-corrected chi connectivity index (χ1v) is 7.40. The van der Waals surface area contributed by atoms with Gasteiger partial charge in [-0.15, -0.1) is 0 Å². The summed E-state index contributed by atoms with van der Waals surface area (Å²) in [6.07, 6.45) is 1.78. The number of rotatable bonds is 3. The van der Waals surface area contributed by atoms with Crippen molar-refractivity contribution in [2.75, 3.05) is 4.90 Å². The number of anilines is 1. The van der Waals surface area contributed by atoms with Crippen LogP contribution in [-0.4, -0.2) is 27.7 Å². The Kier molecular flexibility index (Phi) is 3.74. The van der Waals surface area contributed by atoms with Gasteiger partial charge in [0.05, 0.1) is 6.04 Å². The van der Waals surface area contributed by atoms with E-state index in [1.165, 1.54) is 6.20 Å². The Hall–Kier alpha value is -2.14. The zero-order chi connectivity index (χ0) is 15.7. The van der Waals surface area contributed by atoms with E-state index in [0.717, 1.165) is 5.56 Å². The Bertz CT molecular complexity index is 691. The molecule has 0 N–H and O–H groups in total. The van der Waals surface area contributed by atoms with Gasteiger partial charge in [-0.3, -0.25) is 4.90 Å². The van der Waals surface area contributed by atoms with Crippen LogP contribution in [0.2, 0.25) is 5.28 Å². The van der Waals surface area contributed by atoms with Crippen LogP contribution in [0.4, 0.5) is 10.6 Å². The monoisotopic (exact) mass is 317 g/mol. The molecular formula is C16H16ClN3O2. The highest BCUT2D eigenvalue weighted by molar-refractivity contribution is 6.28. The summed E-state index contributed by atoms with van der Waals surface area (Å²) in [6.45, 7) is 3.81. The minimum atomic E-state index is -0.621. The molecule has 0 radical (unpaired) electrons. The summed E-state index contributed by atoms with van der Waals surface area (Å²) in [5.41, 5.74) is 0.508. The molecule has 114 valence electrons. The van der Waals surface area contributed by atoms with Gasteiger partial charge in [-0.2, -0.15) is 0 Å². The summed E-state index contributed by atoms with van der Waals surface area (Å²) in [5.74, 6) is 0.455. The number of carbonyl (C=O) groups excluding carboxylic acids is 1. The number of aromatic nitrogens is 2. The number of ether oxygens (including phenoxy) is 1. The average Bonchev–Trinajstić information content (AvgIpc) is 2.69. The van der Waals surface area contributed by atoms with Crippen molar-refractivity contribution >= 4 is 23.5 Å². The highest BCUT2D eigenvalue weighted by Gasteiger charge is 2.48. The number of hydrogen-bond acceptors (Lipinski definition) is 4. The lowest BCUT2D eigenvalue weighted by Crippen LogP contribution is -2.43. The molecular weight excluding hydrogens is 302 g/mol. The van der Waals surface area contributed by atoms with E-state index in [9.17, 15) is 4.79 Å². The number of hydrogen-bond donors (Lipinski definition) is 0. The molecule has 1 unspecified atom stereocenters. The lowest BCUT2D eigenvalue weighted by atomic mass is 9.92. The Balaban J connectivity index is 1.97. The first-order valence-electron chi connectivity index (χ1n) is 7.02. The fourth-order valence-electron chi connectivity index (χ4n) is 2.67. The standard InChI is InChI=1S/C16H16ClN3O2/c1-16(2)12(10-11-6-4-3-5-7-11)20(15(21)22-16)13-8-9-18-14(17)19-13/h3-9,12H,10H2,1-2H3. The van der Waals surface area contributed by atoms with Gasteiger partial charge in [0.15, 0.2) is 0 Å². The summed E-state index contributed by atoms with van der Waals surface area (Å²) in [5, 5.41) is 0.105. The van der Waals surface area contributed by atoms with E-state index in [1.807, 2.05) is 44.2 Å². The third kappa shape index (κ3) is 2.76. The largest absolute Gasteiger partial charge is 0.441 e. The van der Waals surface area contributed by atoms with Crippen LogP contribution < -0.4 is 4.90 Å². The number of nitrogens with zero attached hydrogens (tertiary/aromatic N) is 3. The quantitative estimate of drug-likeness (QED) is 0.813. The maximum absolute atomic E-state index is 12.3. The van der Waals surface area contributed by atoms with Crippen molar-refractivity contribution in [3.8, 4) is 0 Å². The van der Waals surface area contributed by atoms with Crippen LogP contribution in [0.15, 0.2) is 42.6 Å². The van der Waals surface area contributed by atoms with Gasteiger partial charge in [0, 0.05) is 6.20 Å². The molecule has 3 rings (SSSR count). The number of amides is 1. The SMILES string of the molecule is CC1(C)OC(=O)N(c2ccnc(Cl)n2)C1Cc1ccccc1. The van der Waals surface area contributed by atoms with Crippen LogP contribution in [0.3, 0.4) is 0 Å². The molecule has 2 aromatic rings. The van der Waals surface area contributed by atoms with Crippen LogP contribution in [-0.2, 0) is 11.2 Å². The highest BCUT2D eigenvalue weighted by atomic mass is 35.5. The predicted molar refractivity (Wildman–Crippen MR) is 84.0 cm³/mol. The Morgan fingerprint density at radius 2 is 2.00 bits per heavy atom. The molecule has 1 saturated heterocycles. The van der Waals surface area contributed by atoms with Crippen LogP contribution in [0.25, 0.3) is 0 Å². The van der Waals surface area contributed by atoms with Crippen LogP contribution >= 0.6 is 11.6 Å². The van der Waals surface area contributed by atoms with E-state index < -0.39 is 11.7 Å². The molecule has 22 heavy (non-hydrogen) atoms. The third-order valence-electron chi connectivity index (χ3n) is 3.79. The second kappa shape index (κ2) is 5.57. The maximum atomic E-state index is 12.3. The van der Waals surface area contributed by atoms with E-state index in [-0.39, 0.29) is 11.3 Å². The minimum absolute atomic E-state index is 0.105.